The van der Waals surface area contributed by atoms with E-state index in [0.717, 1.165) is 19.3 Å². The number of nitroso groups, excluding NO2 is 1. The van der Waals surface area contributed by atoms with Crippen LogP contribution in [-0.4, -0.2) is 11.2 Å². The molecule has 2 heterocycles. The lowest BCUT2D eigenvalue weighted by molar-refractivity contribution is -0.00438. The Morgan fingerprint density at radius 2 is 1.93 bits per heavy atom. The van der Waals surface area contributed by atoms with Crippen molar-refractivity contribution in [2.45, 2.75) is 45.6 Å². The molecule has 6 nitrogen and oxygen atoms in total. The van der Waals surface area contributed by atoms with Gasteiger partial charge in [0.25, 0.3) is 0 Å². The van der Waals surface area contributed by atoms with E-state index in [4.69, 9.17) is 9.15 Å². The van der Waals surface area contributed by atoms with E-state index < -0.39 is 0 Å². The molecule has 1 fully saturated rings. The minimum absolute atomic E-state index is 0.0162. The molecule has 0 amide bonds. The van der Waals surface area contributed by atoms with Crippen molar-refractivity contribution in [1.29, 1.82) is 0 Å². The van der Waals surface area contributed by atoms with Gasteiger partial charge in [-0.1, -0.05) is 13.8 Å². The first-order valence-electron chi connectivity index (χ1n) is 10.3. The zero-order valence-corrected chi connectivity index (χ0v) is 17.0. The molecule has 0 saturated heterocycles. The number of fused-ring (bicyclic) bond motifs is 4. The standard InChI is InChI=1S/C24H23NO5/c1-24(2)9-3-4-19-16(24)10-15-17(25-28)11-21-22(23(15)30-19)18(27)12-20(29-21)13-5-7-14(26)8-6-13/h5-8,11-12,16,19,26H,3-4,9-10H2,1-2H3/t16-,19?/m0/s1. The third-order valence-electron chi connectivity index (χ3n) is 6.76. The highest BCUT2D eigenvalue weighted by Gasteiger charge is 2.44. The Morgan fingerprint density at radius 1 is 1.17 bits per heavy atom. The number of nitrogens with zero attached hydrogens (tertiary/aromatic N) is 1. The summed E-state index contributed by atoms with van der Waals surface area (Å²) < 4.78 is 12.4. The normalized spacial score (nSPS) is 22.1. The van der Waals surface area contributed by atoms with Crippen molar-refractivity contribution in [1.82, 2.24) is 0 Å². The number of rotatable bonds is 2. The van der Waals surface area contributed by atoms with Crippen LogP contribution in [0.4, 0.5) is 5.69 Å². The van der Waals surface area contributed by atoms with Crippen LogP contribution in [0.3, 0.4) is 0 Å². The van der Waals surface area contributed by atoms with Gasteiger partial charge in [0.15, 0.2) is 5.43 Å². The van der Waals surface area contributed by atoms with Crippen molar-refractivity contribution < 1.29 is 14.3 Å². The summed E-state index contributed by atoms with van der Waals surface area (Å²) in [4.78, 5) is 24.8. The van der Waals surface area contributed by atoms with E-state index in [1.807, 2.05) is 0 Å². The summed E-state index contributed by atoms with van der Waals surface area (Å²) in [6.45, 7) is 4.48. The molecular formula is C24H23NO5. The lowest BCUT2D eigenvalue weighted by Crippen LogP contribution is -2.45. The van der Waals surface area contributed by atoms with Crippen LogP contribution < -0.4 is 10.2 Å². The number of phenols is 1. The van der Waals surface area contributed by atoms with Crippen LogP contribution in [0.25, 0.3) is 22.3 Å². The van der Waals surface area contributed by atoms with Gasteiger partial charge in [-0.15, -0.1) is 4.91 Å². The lowest BCUT2D eigenvalue weighted by Gasteiger charge is -2.47. The highest BCUT2D eigenvalue weighted by Crippen LogP contribution is 2.51. The van der Waals surface area contributed by atoms with Crippen LogP contribution in [0.1, 0.15) is 38.7 Å². The van der Waals surface area contributed by atoms with Gasteiger partial charge in [-0.25, -0.2) is 0 Å². The zero-order chi connectivity index (χ0) is 21.0. The van der Waals surface area contributed by atoms with Gasteiger partial charge in [0.1, 0.15) is 40.0 Å². The topological polar surface area (TPSA) is 89.1 Å². The fourth-order valence-electron chi connectivity index (χ4n) is 5.06. The van der Waals surface area contributed by atoms with Gasteiger partial charge in [-0.05, 0) is 60.5 Å². The summed E-state index contributed by atoms with van der Waals surface area (Å²) in [5.41, 5.74) is 1.79. The van der Waals surface area contributed by atoms with E-state index in [2.05, 4.69) is 19.0 Å². The molecule has 6 heteroatoms. The Kier molecular flexibility index (Phi) is 4.20. The van der Waals surface area contributed by atoms with E-state index in [-0.39, 0.29) is 39.9 Å². The molecule has 2 atom stereocenters. The molecule has 1 saturated carbocycles. The Bertz CT molecular complexity index is 1210. The molecule has 1 aliphatic heterocycles. The van der Waals surface area contributed by atoms with Crippen LogP contribution in [0.15, 0.2) is 50.8 Å². The summed E-state index contributed by atoms with van der Waals surface area (Å²) in [6.07, 6.45) is 3.81. The van der Waals surface area contributed by atoms with Gasteiger partial charge in [0.2, 0.25) is 0 Å². The molecule has 2 aromatic carbocycles. The number of ether oxygens (including phenoxy) is 1. The largest absolute Gasteiger partial charge is 0.508 e. The first kappa shape index (κ1) is 18.9. The molecule has 30 heavy (non-hydrogen) atoms. The SMILES string of the molecule is CC1(C)CCCC2Oc3c(c(N=O)cc4oc(-c5ccc(O)cc5)cc(=O)c34)C[C@@H]21. The van der Waals surface area contributed by atoms with Gasteiger partial charge < -0.3 is 14.3 Å². The Balaban J connectivity index is 1.70. The second kappa shape index (κ2) is 6.69. The van der Waals surface area contributed by atoms with Crippen LogP contribution in [0.5, 0.6) is 11.5 Å². The van der Waals surface area contributed by atoms with Crippen molar-refractivity contribution in [3.8, 4) is 22.8 Å². The second-order valence-corrected chi connectivity index (χ2v) is 9.04. The monoisotopic (exact) mass is 405 g/mol. The van der Waals surface area contributed by atoms with Crippen molar-refractivity contribution in [3.63, 3.8) is 0 Å². The minimum atomic E-state index is -0.221. The van der Waals surface area contributed by atoms with Gasteiger partial charge >= 0.3 is 0 Å². The zero-order valence-electron chi connectivity index (χ0n) is 17.0. The third kappa shape index (κ3) is 2.90. The van der Waals surface area contributed by atoms with E-state index >= 15 is 0 Å². The van der Waals surface area contributed by atoms with Gasteiger partial charge in [0, 0.05) is 29.2 Å². The van der Waals surface area contributed by atoms with Gasteiger partial charge in [0.05, 0.1) is 0 Å². The van der Waals surface area contributed by atoms with Crippen LogP contribution in [0, 0.1) is 16.2 Å². The Morgan fingerprint density at radius 3 is 2.67 bits per heavy atom. The molecule has 1 aliphatic carbocycles. The highest BCUT2D eigenvalue weighted by molar-refractivity contribution is 5.90. The van der Waals surface area contributed by atoms with Crippen LogP contribution in [0.2, 0.25) is 0 Å². The molecule has 3 aromatic rings. The molecular weight excluding hydrogens is 382 g/mol. The van der Waals surface area contributed by atoms with Crippen molar-refractivity contribution in [3.05, 3.63) is 57.1 Å². The van der Waals surface area contributed by atoms with Gasteiger partial charge in [-0.2, -0.15) is 0 Å². The molecule has 0 spiro atoms. The van der Waals surface area contributed by atoms with E-state index in [1.165, 1.54) is 18.2 Å². The Labute approximate surface area is 173 Å². The average Bonchev–Trinajstić information content (AvgIpc) is 2.72. The van der Waals surface area contributed by atoms with E-state index in [0.29, 0.717) is 34.4 Å². The van der Waals surface area contributed by atoms with Crippen LogP contribution in [-0.2, 0) is 6.42 Å². The number of phenolic OH excluding ortho intramolecular Hbond substituents is 1. The fourth-order valence-corrected chi connectivity index (χ4v) is 5.06. The molecule has 154 valence electrons. The average molecular weight is 405 g/mol. The summed E-state index contributed by atoms with van der Waals surface area (Å²) in [6, 6.07) is 9.37. The quantitative estimate of drug-likeness (QED) is 0.553. The molecule has 0 radical (unpaired) electrons. The van der Waals surface area contributed by atoms with Gasteiger partial charge in [-0.3, -0.25) is 4.79 Å². The number of aromatic hydroxyl groups is 1. The predicted molar refractivity (Wildman–Crippen MR) is 114 cm³/mol. The fraction of sp³-hybridized carbons (Fsp3) is 0.375. The second-order valence-electron chi connectivity index (χ2n) is 9.04. The molecule has 1 unspecified atom stereocenters. The Hall–Kier alpha value is -3.15. The number of hydrogen-bond acceptors (Lipinski definition) is 6. The maximum atomic E-state index is 13.1. The predicted octanol–water partition coefficient (Wildman–Crippen LogP) is 5.69. The first-order valence-corrected chi connectivity index (χ1v) is 10.3. The maximum Gasteiger partial charge on any atom is 0.197 e. The number of hydrogen-bond donors (Lipinski definition) is 1. The summed E-state index contributed by atoms with van der Waals surface area (Å²) >= 11 is 0. The number of benzene rings is 2. The smallest absolute Gasteiger partial charge is 0.197 e. The highest BCUT2D eigenvalue weighted by atomic mass is 16.5. The van der Waals surface area contributed by atoms with Crippen molar-refractivity contribution in [2.24, 2.45) is 16.5 Å². The van der Waals surface area contributed by atoms with Crippen molar-refractivity contribution >= 4 is 16.7 Å². The first-order chi connectivity index (χ1) is 14.4. The van der Waals surface area contributed by atoms with Crippen molar-refractivity contribution in [2.75, 3.05) is 0 Å². The van der Waals surface area contributed by atoms with E-state index in [9.17, 15) is 14.8 Å². The molecule has 2 aliphatic rings. The van der Waals surface area contributed by atoms with E-state index in [1.54, 1.807) is 18.2 Å². The maximum absolute atomic E-state index is 13.1. The summed E-state index contributed by atoms with van der Waals surface area (Å²) in [5.74, 6) is 1.21. The minimum Gasteiger partial charge on any atom is -0.508 e. The summed E-state index contributed by atoms with van der Waals surface area (Å²) in [5, 5.41) is 13.1. The van der Waals surface area contributed by atoms with Crippen LogP contribution >= 0.6 is 0 Å². The summed E-state index contributed by atoms with van der Waals surface area (Å²) in [7, 11) is 0. The third-order valence-corrected chi connectivity index (χ3v) is 6.76. The molecule has 0 bridgehead atoms. The molecule has 1 N–H and O–H groups in total. The molecule has 1 aromatic heterocycles. The lowest BCUT2D eigenvalue weighted by atomic mass is 9.64. The molecule has 5 rings (SSSR count).